The monoisotopic (exact) mass is 179 g/mol. The number of hydrogen-bond donors (Lipinski definition) is 1. The molecule has 0 aliphatic carbocycles. The summed E-state index contributed by atoms with van der Waals surface area (Å²) in [6, 6.07) is 5.71. The molecule has 0 amide bonds. The third-order valence-corrected chi connectivity index (χ3v) is 1.78. The highest BCUT2D eigenvalue weighted by molar-refractivity contribution is 5.60. The molecule has 1 aromatic carbocycles. The van der Waals surface area contributed by atoms with Crippen molar-refractivity contribution >= 4 is 12.0 Å². The summed E-state index contributed by atoms with van der Waals surface area (Å²) in [5, 5.41) is 2.96. The molecule has 0 saturated heterocycles. The Balaban J connectivity index is 2.76. The van der Waals surface area contributed by atoms with Gasteiger partial charge in [-0.2, -0.15) is 0 Å². The first kappa shape index (κ1) is 9.58. The number of aldehydes is 1. The van der Waals surface area contributed by atoms with Crippen molar-refractivity contribution in [1.82, 2.24) is 0 Å². The van der Waals surface area contributed by atoms with Crippen molar-refractivity contribution in [2.45, 2.75) is 6.92 Å². The van der Waals surface area contributed by atoms with E-state index in [1.54, 1.807) is 7.11 Å². The highest BCUT2D eigenvalue weighted by atomic mass is 16.5. The van der Waals surface area contributed by atoms with E-state index in [-0.39, 0.29) is 0 Å². The van der Waals surface area contributed by atoms with Gasteiger partial charge in [0.2, 0.25) is 0 Å². The van der Waals surface area contributed by atoms with Crippen molar-refractivity contribution in [2.24, 2.45) is 0 Å². The van der Waals surface area contributed by atoms with E-state index in [9.17, 15) is 4.79 Å². The number of anilines is 1. The van der Waals surface area contributed by atoms with E-state index in [0.717, 1.165) is 23.3 Å². The molecule has 0 spiro atoms. The second kappa shape index (κ2) is 4.50. The van der Waals surface area contributed by atoms with Crippen LogP contribution in [-0.4, -0.2) is 19.9 Å². The fourth-order valence-corrected chi connectivity index (χ4v) is 1.15. The molecule has 0 fully saturated rings. The molecule has 3 nitrogen and oxygen atoms in total. The number of methoxy groups -OCH3 is 1. The maximum atomic E-state index is 10.1. The number of carbonyl (C=O) groups excluding carboxylic acids is 1. The van der Waals surface area contributed by atoms with Gasteiger partial charge in [-0.15, -0.1) is 0 Å². The van der Waals surface area contributed by atoms with Crippen LogP contribution >= 0.6 is 0 Å². The van der Waals surface area contributed by atoms with Crippen molar-refractivity contribution < 1.29 is 9.53 Å². The molecule has 0 aliphatic rings. The van der Waals surface area contributed by atoms with Crippen LogP contribution in [0.2, 0.25) is 0 Å². The molecule has 0 atom stereocenters. The molecule has 0 aromatic heterocycles. The van der Waals surface area contributed by atoms with Crippen molar-refractivity contribution in [1.29, 1.82) is 0 Å². The summed E-state index contributed by atoms with van der Waals surface area (Å²) >= 11 is 0. The Bertz CT molecular complexity index is 297. The van der Waals surface area contributed by atoms with Gasteiger partial charge in [0.05, 0.1) is 13.7 Å². The molecule has 1 rings (SSSR count). The van der Waals surface area contributed by atoms with E-state index in [4.69, 9.17) is 4.74 Å². The Morgan fingerprint density at radius 2 is 2.31 bits per heavy atom. The molecule has 0 aliphatic heterocycles. The van der Waals surface area contributed by atoms with Gasteiger partial charge in [-0.25, -0.2) is 0 Å². The van der Waals surface area contributed by atoms with Crippen LogP contribution in [-0.2, 0) is 4.79 Å². The van der Waals surface area contributed by atoms with Crippen molar-refractivity contribution in [3.63, 3.8) is 0 Å². The molecule has 0 heterocycles. The normalized spacial score (nSPS) is 9.38. The lowest BCUT2D eigenvalue weighted by atomic mass is 10.2. The lowest BCUT2D eigenvalue weighted by molar-refractivity contribution is -0.106. The topological polar surface area (TPSA) is 38.3 Å². The third-order valence-electron chi connectivity index (χ3n) is 1.78. The van der Waals surface area contributed by atoms with Gasteiger partial charge in [-0.3, -0.25) is 0 Å². The molecule has 1 N–H and O–H groups in total. The SMILES string of the molecule is COc1ccc(NCC=O)cc1C. The van der Waals surface area contributed by atoms with Crippen LogP contribution in [0, 0.1) is 6.92 Å². The first-order valence-corrected chi connectivity index (χ1v) is 4.10. The minimum Gasteiger partial charge on any atom is -0.496 e. The zero-order chi connectivity index (χ0) is 9.68. The Morgan fingerprint density at radius 3 is 2.85 bits per heavy atom. The summed E-state index contributed by atoms with van der Waals surface area (Å²) in [7, 11) is 1.64. The molecule has 13 heavy (non-hydrogen) atoms. The van der Waals surface area contributed by atoms with Crippen molar-refractivity contribution in [3.05, 3.63) is 23.8 Å². The Morgan fingerprint density at radius 1 is 1.54 bits per heavy atom. The van der Waals surface area contributed by atoms with Crippen LogP contribution in [0.3, 0.4) is 0 Å². The average molecular weight is 179 g/mol. The van der Waals surface area contributed by atoms with E-state index in [1.165, 1.54) is 0 Å². The number of aryl methyl sites for hydroxylation is 1. The number of hydrogen-bond acceptors (Lipinski definition) is 3. The van der Waals surface area contributed by atoms with Crippen LogP contribution in [0.5, 0.6) is 5.75 Å². The van der Waals surface area contributed by atoms with Crippen LogP contribution in [0.15, 0.2) is 18.2 Å². The standard InChI is InChI=1S/C10H13NO2/c1-8-7-9(11-5-6-12)3-4-10(8)13-2/h3-4,6-7,11H,5H2,1-2H3. The predicted octanol–water partition coefficient (Wildman–Crippen LogP) is 1.61. The summed E-state index contributed by atoms with van der Waals surface area (Å²) in [4.78, 5) is 10.1. The van der Waals surface area contributed by atoms with Gasteiger partial charge in [0, 0.05) is 5.69 Å². The predicted molar refractivity (Wildman–Crippen MR) is 52.3 cm³/mol. The quantitative estimate of drug-likeness (QED) is 0.714. The minimum atomic E-state index is 0.339. The van der Waals surface area contributed by atoms with Crippen LogP contribution in [0.4, 0.5) is 5.69 Å². The zero-order valence-corrected chi connectivity index (χ0v) is 7.83. The lowest BCUT2D eigenvalue weighted by Gasteiger charge is -2.07. The van der Waals surface area contributed by atoms with Crippen LogP contribution in [0.1, 0.15) is 5.56 Å². The number of carbonyl (C=O) groups is 1. The average Bonchev–Trinajstić information content (AvgIpc) is 2.15. The Labute approximate surface area is 77.7 Å². The first-order valence-electron chi connectivity index (χ1n) is 4.10. The maximum absolute atomic E-state index is 10.1. The molecule has 70 valence electrons. The van der Waals surface area contributed by atoms with Gasteiger partial charge in [0.1, 0.15) is 12.0 Å². The third kappa shape index (κ3) is 2.47. The number of nitrogens with one attached hydrogen (secondary N) is 1. The van der Waals surface area contributed by atoms with Gasteiger partial charge >= 0.3 is 0 Å². The van der Waals surface area contributed by atoms with E-state index in [0.29, 0.717) is 6.54 Å². The van der Waals surface area contributed by atoms with Crippen LogP contribution in [0.25, 0.3) is 0 Å². The summed E-state index contributed by atoms with van der Waals surface area (Å²) in [5.41, 5.74) is 1.99. The van der Waals surface area contributed by atoms with Gasteiger partial charge < -0.3 is 14.8 Å². The fraction of sp³-hybridized carbons (Fsp3) is 0.300. The largest absolute Gasteiger partial charge is 0.496 e. The minimum absolute atomic E-state index is 0.339. The molecule has 3 heteroatoms. The zero-order valence-electron chi connectivity index (χ0n) is 7.83. The fourth-order valence-electron chi connectivity index (χ4n) is 1.15. The molecule has 1 aromatic rings. The number of benzene rings is 1. The van der Waals surface area contributed by atoms with Crippen LogP contribution < -0.4 is 10.1 Å². The summed E-state index contributed by atoms with van der Waals surface area (Å²) in [6.45, 7) is 2.30. The van der Waals surface area contributed by atoms with Gasteiger partial charge in [0.25, 0.3) is 0 Å². The maximum Gasteiger partial charge on any atom is 0.139 e. The van der Waals surface area contributed by atoms with E-state index in [2.05, 4.69) is 5.32 Å². The Hall–Kier alpha value is -1.51. The summed E-state index contributed by atoms with van der Waals surface area (Å²) in [6.07, 6.45) is 0.833. The number of ether oxygens (including phenoxy) is 1. The summed E-state index contributed by atoms with van der Waals surface area (Å²) < 4.78 is 5.11. The summed E-state index contributed by atoms with van der Waals surface area (Å²) in [5.74, 6) is 0.858. The van der Waals surface area contributed by atoms with Crippen molar-refractivity contribution in [2.75, 3.05) is 19.0 Å². The van der Waals surface area contributed by atoms with Crippen molar-refractivity contribution in [3.8, 4) is 5.75 Å². The smallest absolute Gasteiger partial charge is 0.139 e. The lowest BCUT2D eigenvalue weighted by Crippen LogP contribution is -2.02. The molecule has 0 saturated carbocycles. The molecular weight excluding hydrogens is 166 g/mol. The van der Waals surface area contributed by atoms with E-state index < -0.39 is 0 Å². The highest BCUT2D eigenvalue weighted by Gasteiger charge is 1.98. The first-order chi connectivity index (χ1) is 6.27. The Kier molecular flexibility index (Phi) is 3.31. The van der Waals surface area contributed by atoms with Gasteiger partial charge in [-0.05, 0) is 30.7 Å². The molecule has 0 unspecified atom stereocenters. The second-order valence-corrected chi connectivity index (χ2v) is 2.73. The van der Waals surface area contributed by atoms with Gasteiger partial charge in [-0.1, -0.05) is 0 Å². The van der Waals surface area contributed by atoms with E-state index in [1.807, 2.05) is 25.1 Å². The molecular formula is C10H13NO2. The number of rotatable bonds is 4. The van der Waals surface area contributed by atoms with Gasteiger partial charge in [0.15, 0.2) is 0 Å². The van der Waals surface area contributed by atoms with E-state index >= 15 is 0 Å². The molecule has 0 radical (unpaired) electrons. The molecule has 0 bridgehead atoms. The highest BCUT2D eigenvalue weighted by Crippen LogP contribution is 2.20. The second-order valence-electron chi connectivity index (χ2n) is 2.73.